The lowest BCUT2D eigenvalue weighted by Gasteiger charge is -2.45. The topological polar surface area (TPSA) is 78.7 Å². The minimum atomic E-state index is -5.08. The Kier molecular flexibility index (Phi) is 6.50. The zero-order valence-corrected chi connectivity index (χ0v) is 15.5. The van der Waals surface area contributed by atoms with Crippen LogP contribution in [0.1, 0.15) is 38.2 Å². The van der Waals surface area contributed by atoms with E-state index >= 15 is 0 Å². The highest BCUT2D eigenvalue weighted by atomic mass is 19.4. The van der Waals surface area contributed by atoms with Gasteiger partial charge in [-0.25, -0.2) is 4.79 Å². The van der Waals surface area contributed by atoms with Crippen molar-refractivity contribution in [1.29, 1.82) is 0 Å². The van der Waals surface area contributed by atoms with Gasteiger partial charge < -0.3 is 10.0 Å². The van der Waals surface area contributed by atoms with Crippen LogP contribution in [0, 0.1) is 0 Å². The second kappa shape index (κ2) is 8.28. The van der Waals surface area contributed by atoms with Crippen LogP contribution in [0.5, 0.6) is 0 Å². The number of carboxylic acid groups (broad SMARTS) is 1. The number of likely N-dealkylation sites (tertiary alicyclic amines) is 2. The molecule has 3 heterocycles. The zero-order valence-electron chi connectivity index (χ0n) is 15.5. The van der Waals surface area contributed by atoms with Crippen LogP contribution in [0.25, 0.3) is 0 Å². The van der Waals surface area contributed by atoms with E-state index in [0.717, 1.165) is 32.5 Å². The lowest BCUT2D eigenvalue weighted by atomic mass is 9.84. The van der Waals surface area contributed by atoms with E-state index in [0.29, 0.717) is 5.54 Å². The summed E-state index contributed by atoms with van der Waals surface area (Å²) in [6, 6.07) is 0. The van der Waals surface area contributed by atoms with E-state index in [1.165, 1.54) is 24.9 Å². The molecule has 0 unspecified atom stereocenters. The van der Waals surface area contributed by atoms with Gasteiger partial charge in [-0.1, -0.05) is 0 Å². The maximum absolute atomic E-state index is 11.5. The number of nitrogens with zero attached hydrogens (tertiary/aromatic N) is 4. The molecule has 0 saturated carbocycles. The molecule has 0 radical (unpaired) electrons. The summed E-state index contributed by atoms with van der Waals surface area (Å²) in [4.78, 5) is 25.0. The van der Waals surface area contributed by atoms with Gasteiger partial charge in [0.1, 0.15) is 0 Å². The molecule has 0 aliphatic carbocycles. The Morgan fingerprint density at radius 2 is 1.81 bits per heavy atom. The predicted molar refractivity (Wildman–Crippen MR) is 90.8 cm³/mol. The van der Waals surface area contributed by atoms with Crippen LogP contribution in [0.3, 0.4) is 0 Å². The van der Waals surface area contributed by atoms with E-state index in [1.54, 1.807) is 6.92 Å². The first kappa shape index (κ1) is 21.2. The number of aryl methyl sites for hydroxylation is 1. The summed E-state index contributed by atoms with van der Waals surface area (Å²) in [5.41, 5.74) is 1.62. The smallest absolute Gasteiger partial charge is 0.475 e. The number of aliphatic carboxylic acids is 1. The highest BCUT2D eigenvalue weighted by molar-refractivity contribution is 5.73. The van der Waals surface area contributed by atoms with Crippen molar-refractivity contribution in [2.45, 2.75) is 50.9 Å². The van der Waals surface area contributed by atoms with Crippen molar-refractivity contribution in [3.8, 4) is 0 Å². The van der Waals surface area contributed by atoms with Gasteiger partial charge in [0.05, 0.1) is 6.20 Å². The Labute approximate surface area is 155 Å². The molecule has 2 aliphatic heterocycles. The number of hydrogen-bond acceptors (Lipinski definition) is 4. The minimum Gasteiger partial charge on any atom is -0.475 e. The van der Waals surface area contributed by atoms with Crippen LogP contribution < -0.4 is 0 Å². The van der Waals surface area contributed by atoms with E-state index in [-0.39, 0.29) is 5.91 Å². The summed E-state index contributed by atoms with van der Waals surface area (Å²) < 4.78 is 33.6. The van der Waals surface area contributed by atoms with Gasteiger partial charge in [-0.05, 0) is 32.2 Å². The summed E-state index contributed by atoms with van der Waals surface area (Å²) in [7, 11) is 1.97. The number of aromatic nitrogens is 2. The molecule has 1 N–H and O–H groups in total. The van der Waals surface area contributed by atoms with Crippen molar-refractivity contribution in [3.63, 3.8) is 0 Å². The number of halogens is 3. The van der Waals surface area contributed by atoms with Crippen LogP contribution in [0.15, 0.2) is 12.4 Å². The minimum absolute atomic E-state index is 0.219. The van der Waals surface area contributed by atoms with Crippen molar-refractivity contribution in [3.05, 3.63) is 18.0 Å². The van der Waals surface area contributed by atoms with Crippen LogP contribution in [-0.2, 0) is 23.2 Å². The number of hydrogen-bond donors (Lipinski definition) is 1. The SMILES string of the molecule is CC(=O)N1CCC2(CCCN2Cc2cnn(C)c2)CC1.O=C(O)C(F)(F)F. The fourth-order valence-corrected chi connectivity index (χ4v) is 3.82. The van der Waals surface area contributed by atoms with Crippen LogP contribution in [0.2, 0.25) is 0 Å². The molecule has 1 amide bonds. The number of carbonyl (C=O) groups excluding carboxylic acids is 1. The van der Waals surface area contributed by atoms with E-state index in [2.05, 4.69) is 16.2 Å². The third-order valence-electron chi connectivity index (χ3n) is 5.25. The van der Waals surface area contributed by atoms with Gasteiger partial charge in [0, 0.05) is 50.9 Å². The molecule has 0 aromatic carbocycles. The number of amides is 1. The molecule has 1 spiro atoms. The fraction of sp³-hybridized carbons (Fsp3) is 0.706. The molecule has 1 aromatic heterocycles. The molecule has 152 valence electrons. The molecule has 27 heavy (non-hydrogen) atoms. The monoisotopic (exact) mass is 390 g/mol. The predicted octanol–water partition coefficient (Wildman–Crippen LogP) is 2.03. The summed E-state index contributed by atoms with van der Waals surface area (Å²) in [5.74, 6) is -2.54. The maximum Gasteiger partial charge on any atom is 0.490 e. The van der Waals surface area contributed by atoms with Crippen molar-refractivity contribution in [2.75, 3.05) is 19.6 Å². The highest BCUT2D eigenvalue weighted by Gasteiger charge is 2.43. The Balaban J connectivity index is 0.000000321. The molecule has 2 fully saturated rings. The zero-order chi connectivity index (χ0) is 20.2. The van der Waals surface area contributed by atoms with Crippen molar-refractivity contribution in [1.82, 2.24) is 19.6 Å². The number of carboxylic acids is 1. The molecular weight excluding hydrogens is 365 g/mol. The second-order valence-electron chi connectivity index (χ2n) is 7.08. The number of carbonyl (C=O) groups is 2. The molecule has 3 rings (SSSR count). The van der Waals surface area contributed by atoms with Gasteiger partial charge in [0.2, 0.25) is 5.91 Å². The second-order valence-corrected chi connectivity index (χ2v) is 7.08. The molecule has 1 aromatic rings. The first-order valence-electron chi connectivity index (χ1n) is 8.82. The number of alkyl halides is 3. The Hall–Kier alpha value is -2.10. The standard InChI is InChI=1S/C15H24N4O.C2HF3O2/c1-13(20)18-8-5-15(6-9-18)4-3-7-19(15)12-14-10-16-17(2)11-14;3-2(4,5)1(6)7/h10-11H,3-9,12H2,1-2H3;(H,6,7). The fourth-order valence-electron chi connectivity index (χ4n) is 3.82. The van der Waals surface area contributed by atoms with Crippen molar-refractivity contribution < 1.29 is 27.9 Å². The van der Waals surface area contributed by atoms with E-state index in [9.17, 15) is 18.0 Å². The van der Waals surface area contributed by atoms with Crippen LogP contribution in [-0.4, -0.2) is 67.9 Å². The van der Waals surface area contributed by atoms with Crippen molar-refractivity contribution in [2.24, 2.45) is 7.05 Å². The van der Waals surface area contributed by atoms with Gasteiger partial charge in [0.15, 0.2) is 0 Å². The van der Waals surface area contributed by atoms with Gasteiger partial charge in [-0.2, -0.15) is 18.3 Å². The molecule has 2 saturated heterocycles. The molecule has 0 atom stereocenters. The molecular formula is C17H25F3N4O3. The van der Waals surface area contributed by atoms with Crippen LogP contribution in [0.4, 0.5) is 13.2 Å². The number of rotatable bonds is 2. The first-order chi connectivity index (χ1) is 12.5. The highest BCUT2D eigenvalue weighted by Crippen LogP contribution is 2.39. The summed E-state index contributed by atoms with van der Waals surface area (Å²) >= 11 is 0. The molecule has 10 heteroatoms. The molecule has 2 aliphatic rings. The average Bonchev–Trinajstić information content (AvgIpc) is 3.15. The van der Waals surface area contributed by atoms with Crippen molar-refractivity contribution >= 4 is 11.9 Å². The maximum atomic E-state index is 11.5. The summed E-state index contributed by atoms with van der Waals surface area (Å²) in [6.07, 6.45) is 3.78. The average molecular weight is 390 g/mol. The third kappa shape index (κ3) is 5.44. The number of piperidine rings is 1. The van der Waals surface area contributed by atoms with Gasteiger partial charge in [-0.3, -0.25) is 14.4 Å². The lowest BCUT2D eigenvalue weighted by molar-refractivity contribution is -0.192. The normalized spacial score (nSPS) is 19.7. The quantitative estimate of drug-likeness (QED) is 0.836. The van der Waals surface area contributed by atoms with E-state index in [1.807, 2.05) is 22.8 Å². The molecule has 0 bridgehead atoms. The van der Waals surface area contributed by atoms with Gasteiger partial charge in [-0.15, -0.1) is 0 Å². The lowest BCUT2D eigenvalue weighted by Crippen LogP contribution is -2.52. The third-order valence-corrected chi connectivity index (χ3v) is 5.25. The van der Waals surface area contributed by atoms with Crippen LogP contribution >= 0.6 is 0 Å². The Morgan fingerprint density at radius 1 is 1.22 bits per heavy atom. The van der Waals surface area contributed by atoms with E-state index < -0.39 is 12.1 Å². The largest absolute Gasteiger partial charge is 0.490 e. The Bertz CT molecular complexity index is 667. The van der Waals surface area contributed by atoms with Gasteiger partial charge in [0.25, 0.3) is 0 Å². The summed E-state index contributed by atoms with van der Waals surface area (Å²) in [5, 5.41) is 11.4. The Morgan fingerprint density at radius 3 is 2.26 bits per heavy atom. The van der Waals surface area contributed by atoms with Gasteiger partial charge >= 0.3 is 12.1 Å². The first-order valence-corrected chi connectivity index (χ1v) is 8.82. The van der Waals surface area contributed by atoms with E-state index in [4.69, 9.17) is 9.90 Å². The summed E-state index contributed by atoms with van der Waals surface area (Å²) in [6.45, 7) is 5.68. The molecule has 7 nitrogen and oxygen atoms in total.